The highest BCUT2D eigenvalue weighted by Gasteiger charge is 2.44. The van der Waals surface area contributed by atoms with Crippen molar-refractivity contribution in [2.75, 3.05) is 7.11 Å². The van der Waals surface area contributed by atoms with E-state index in [0.29, 0.717) is 0 Å². The van der Waals surface area contributed by atoms with Crippen molar-refractivity contribution >= 4 is 5.97 Å². The third kappa shape index (κ3) is 1.68. The molecule has 2 heteroatoms. The van der Waals surface area contributed by atoms with Gasteiger partial charge in [0.15, 0.2) is 0 Å². The van der Waals surface area contributed by atoms with Crippen LogP contribution in [-0.4, -0.2) is 13.1 Å². The van der Waals surface area contributed by atoms with E-state index in [9.17, 15) is 4.79 Å². The predicted molar refractivity (Wildman–Crippen MR) is 79.2 cm³/mol. The number of benzene rings is 2. The SMILES string of the molecule is [CH2]C(C)(C(=O)OC)C1c2ccccc2-c2ccccc21. The number of fused-ring (bicyclic) bond motifs is 3. The Balaban J connectivity index is 2.24. The summed E-state index contributed by atoms with van der Waals surface area (Å²) in [6, 6.07) is 16.4. The molecule has 101 valence electrons. The first kappa shape index (κ1) is 12.9. The summed E-state index contributed by atoms with van der Waals surface area (Å²) in [5, 5.41) is 0. The number of carbonyl (C=O) groups excluding carboxylic acids is 1. The fourth-order valence-corrected chi connectivity index (χ4v) is 3.19. The van der Waals surface area contributed by atoms with Crippen LogP contribution in [0.2, 0.25) is 0 Å². The Kier molecular flexibility index (Phi) is 2.89. The smallest absolute Gasteiger partial charge is 0.312 e. The van der Waals surface area contributed by atoms with Crippen molar-refractivity contribution in [1.29, 1.82) is 0 Å². The largest absolute Gasteiger partial charge is 0.469 e. The lowest BCUT2D eigenvalue weighted by Gasteiger charge is -2.30. The van der Waals surface area contributed by atoms with Gasteiger partial charge in [-0.05, 0) is 36.1 Å². The first-order valence-electron chi connectivity index (χ1n) is 6.69. The van der Waals surface area contributed by atoms with Gasteiger partial charge < -0.3 is 4.74 Å². The van der Waals surface area contributed by atoms with Gasteiger partial charge in [-0.2, -0.15) is 0 Å². The van der Waals surface area contributed by atoms with Gasteiger partial charge in [0.2, 0.25) is 0 Å². The van der Waals surface area contributed by atoms with Crippen LogP contribution in [0.5, 0.6) is 0 Å². The Morgan fingerprint density at radius 3 is 1.95 bits per heavy atom. The van der Waals surface area contributed by atoms with Crippen LogP contribution in [-0.2, 0) is 9.53 Å². The van der Waals surface area contributed by atoms with Gasteiger partial charge >= 0.3 is 5.97 Å². The van der Waals surface area contributed by atoms with E-state index in [1.807, 2.05) is 31.2 Å². The molecule has 0 aliphatic heterocycles. The van der Waals surface area contributed by atoms with E-state index >= 15 is 0 Å². The Hall–Kier alpha value is -2.09. The molecule has 1 radical (unpaired) electrons. The molecule has 0 aromatic heterocycles. The third-order valence-electron chi connectivity index (χ3n) is 4.12. The van der Waals surface area contributed by atoms with Crippen LogP contribution in [0.15, 0.2) is 48.5 Å². The Morgan fingerprint density at radius 1 is 1.05 bits per heavy atom. The summed E-state index contributed by atoms with van der Waals surface area (Å²) in [4.78, 5) is 12.2. The van der Waals surface area contributed by atoms with Crippen molar-refractivity contribution < 1.29 is 9.53 Å². The summed E-state index contributed by atoms with van der Waals surface area (Å²) >= 11 is 0. The molecule has 0 amide bonds. The average Bonchev–Trinajstić information content (AvgIpc) is 2.81. The standard InChI is InChI=1S/C18H17O2/c1-18(2,17(19)20-3)16-14-10-6-4-8-12(14)13-9-5-7-11-15(13)16/h4-11,16H,1H2,2-3H3. The van der Waals surface area contributed by atoms with E-state index in [4.69, 9.17) is 4.74 Å². The molecule has 0 saturated heterocycles. The lowest BCUT2D eigenvalue weighted by molar-refractivity contribution is -0.149. The van der Waals surface area contributed by atoms with Crippen molar-refractivity contribution in [3.05, 3.63) is 66.6 Å². The molecule has 3 rings (SSSR count). The first-order valence-corrected chi connectivity index (χ1v) is 6.69. The number of rotatable bonds is 2. The summed E-state index contributed by atoms with van der Waals surface area (Å²) in [5.41, 5.74) is 3.84. The number of ether oxygens (including phenoxy) is 1. The molecule has 20 heavy (non-hydrogen) atoms. The topological polar surface area (TPSA) is 26.3 Å². The summed E-state index contributed by atoms with van der Waals surface area (Å²) < 4.78 is 4.96. The van der Waals surface area contributed by atoms with Crippen molar-refractivity contribution in [2.45, 2.75) is 12.8 Å². The third-order valence-corrected chi connectivity index (χ3v) is 4.12. The van der Waals surface area contributed by atoms with E-state index in [0.717, 1.165) is 11.1 Å². The van der Waals surface area contributed by atoms with Crippen molar-refractivity contribution in [1.82, 2.24) is 0 Å². The van der Waals surface area contributed by atoms with Crippen LogP contribution in [0.4, 0.5) is 0 Å². The highest BCUT2D eigenvalue weighted by atomic mass is 16.5. The van der Waals surface area contributed by atoms with Gasteiger partial charge in [0.1, 0.15) is 0 Å². The second-order valence-electron chi connectivity index (χ2n) is 5.52. The molecule has 0 N–H and O–H groups in total. The van der Waals surface area contributed by atoms with Gasteiger partial charge in [-0.1, -0.05) is 48.5 Å². The molecule has 0 heterocycles. The van der Waals surface area contributed by atoms with Crippen LogP contribution in [0.1, 0.15) is 24.0 Å². The maximum absolute atomic E-state index is 12.2. The zero-order valence-corrected chi connectivity index (χ0v) is 11.7. The van der Waals surface area contributed by atoms with Crippen molar-refractivity contribution in [3.63, 3.8) is 0 Å². The molecule has 0 saturated carbocycles. The second kappa shape index (κ2) is 4.48. The van der Waals surface area contributed by atoms with Crippen LogP contribution >= 0.6 is 0 Å². The highest BCUT2D eigenvalue weighted by molar-refractivity contribution is 5.86. The lowest BCUT2D eigenvalue weighted by atomic mass is 9.73. The second-order valence-corrected chi connectivity index (χ2v) is 5.52. The minimum atomic E-state index is -0.836. The van der Waals surface area contributed by atoms with Crippen LogP contribution in [0.3, 0.4) is 0 Å². The first-order chi connectivity index (χ1) is 9.57. The van der Waals surface area contributed by atoms with E-state index in [1.54, 1.807) is 0 Å². The van der Waals surface area contributed by atoms with Crippen LogP contribution in [0.25, 0.3) is 11.1 Å². The van der Waals surface area contributed by atoms with Gasteiger partial charge in [0, 0.05) is 5.92 Å². The molecule has 1 atom stereocenters. The Labute approximate surface area is 119 Å². The molecule has 1 aliphatic rings. The number of hydrogen-bond donors (Lipinski definition) is 0. The molecule has 1 aliphatic carbocycles. The molecule has 0 bridgehead atoms. The number of hydrogen-bond acceptors (Lipinski definition) is 2. The minimum absolute atomic E-state index is 0.0673. The maximum atomic E-state index is 12.2. The Bertz CT molecular complexity index is 625. The summed E-state index contributed by atoms with van der Waals surface area (Å²) in [5.74, 6) is -0.351. The quantitative estimate of drug-likeness (QED) is 0.772. The van der Waals surface area contributed by atoms with E-state index < -0.39 is 5.41 Å². The molecular weight excluding hydrogens is 248 g/mol. The lowest BCUT2D eigenvalue weighted by Crippen LogP contribution is -2.32. The van der Waals surface area contributed by atoms with E-state index in [-0.39, 0.29) is 11.9 Å². The van der Waals surface area contributed by atoms with Gasteiger partial charge in [0.25, 0.3) is 0 Å². The molecule has 0 spiro atoms. The minimum Gasteiger partial charge on any atom is -0.469 e. The normalized spacial score (nSPS) is 13.8. The zero-order chi connectivity index (χ0) is 14.3. The predicted octanol–water partition coefficient (Wildman–Crippen LogP) is 3.81. The summed E-state index contributed by atoms with van der Waals surface area (Å²) in [6.45, 7) is 6.00. The van der Waals surface area contributed by atoms with Crippen molar-refractivity contribution in [3.8, 4) is 11.1 Å². The van der Waals surface area contributed by atoms with Gasteiger partial charge in [-0.15, -0.1) is 0 Å². The fraction of sp³-hybridized carbons (Fsp3) is 0.222. The van der Waals surface area contributed by atoms with E-state index in [1.165, 1.54) is 18.2 Å². The fourth-order valence-electron chi connectivity index (χ4n) is 3.19. The monoisotopic (exact) mass is 265 g/mol. The van der Waals surface area contributed by atoms with Crippen LogP contribution in [0, 0.1) is 12.3 Å². The molecule has 1 unspecified atom stereocenters. The van der Waals surface area contributed by atoms with E-state index in [2.05, 4.69) is 31.2 Å². The summed E-state index contributed by atoms with van der Waals surface area (Å²) in [7, 11) is 1.42. The molecule has 0 fully saturated rings. The number of carbonyl (C=O) groups is 1. The highest BCUT2D eigenvalue weighted by Crippen LogP contribution is 2.52. The molecule has 2 nitrogen and oxygen atoms in total. The Morgan fingerprint density at radius 2 is 1.50 bits per heavy atom. The van der Waals surface area contributed by atoms with Gasteiger partial charge in [-0.3, -0.25) is 4.79 Å². The molecule has 2 aromatic carbocycles. The maximum Gasteiger partial charge on any atom is 0.312 e. The van der Waals surface area contributed by atoms with Crippen molar-refractivity contribution in [2.24, 2.45) is 5.41 Å². The number of esters is 1. The average molecular weight is 265 g/mol. The number of methoxy groups -OCH3 is 1. The molecular formula is C18H17O2. The van der Waals surface area contributed by atoms with Gasteiger partial charge in [-0.25, -0.2) is 0 Å². The van der Waals surface area contributed by atoms with Crippen LogP contribution < -0.4 is 0 Å². The molecule has 2 aromatic rings. The van der Waals surface area contributed by atoms with Gasteiger partial charge in [0.05, 0.1) is 12.5 Å². The zero-order valence-electron chi connectivity index (χ0n) is 11.7. The summed E-state index contributed by atoms with van der Waals surface area (Å²) in [6.07, 6.45) is 0.